The molecule has 126 valence electrons. The number of aromatic nitrogens is 1. The summed E-state index contributed by atoms with van der Waals surface area (Å²) < 4.78 is 5.16. The number of aromatic amines is 1. The number of amides is 2. The summed E-state index contributed by atoms with van der Waals surface area (Å²) in [4.78, 5) is 31.5. The lowest BCUT2D eigenvalue weighted by Gasteiger charge is -2.34. The number of carbonyl (C=O) groups is 2. The molecule has 0 atom stereocenters. The fourth-order valence-electron chi connectivity index (χ4n) is 2.85. The van der Waals surface area contributed by atoms with Crippen molar-refractivity contribution in [3.8, 4) is 5.75 Å². The van der Waals surface area contributed by atoms with Crippen molar-refractivity contribution in [2.45, 2.75) is 6.42 Å². The Morgan fingerprint density at radius 3 is 2.50 bits per heavy atom. The molecule has 1 saturated heterocycles. The van der Waals surface area contributed by atoms with Crippen molar-refractivity contribution in [2.24, 2.45) is 0 Å². The van der Waals surface area contributed by atoms with Crippen LogP contribution in [0.15, 0.2) is 42.6 Å². The van der Waals surface area contributed by atoms with E-state index in [0.717, 1.165) is 5.69 Å². The van der Waals surface area contributed by atoms with Crippen molar-refractivity contribution in [1.29, 1.82) is 0 Å². The predicted molar refractivity (Wildman–Crippen MR) is 90.0 cm³/mol. The molecular weight excluding hydrogens is 306 g/mol. The maximum atomic E-state index is 12.6. The Hall–Kier alpha value is -2.76. The largest absolute Gasteiger partial charge is 0.497 e. The molecule has 1 aliphatic heterocycles. The molecule has 0 spiro atoms. The first kappa shape index (κ1) is 16.1. The molecule has 1 aliphatic rings. The summed E-state index contributed by atoms with van der Waals surface area (Å²) in [5, 5.41) is 0. The van der Waals surface area contributed by atoms with Gasteiger partial charge in [0.25, 0.3) is 5.91 Å². The van der Waals surface area contributed by atoms with Crippen LogP contribution in [0, 0.1) is 0 Å². The number of rotatable bonds is 4. The molecule has 6 nitrogen and oxygen atoms in total. The fourth-order valence-corrected chi connectivity index (χ4v) is 2.85. The van der Waals surface area contributed by atoms with Crippen molar-refractivity contribution in [3.63, 3.8) is 0 Å². The van der Waals surface area contributed by atoms with E-state index in [1.807, 2.05) is 35.4 Å². The minimum absolute atomic E-state index is 0.0228. The number of carbonyl (C=O) groups excluding carboxylic acids is 2. The second kappa shape index (κ2) is 7.21. The topological polar surface area (TPSA) is 65.6 Å². The predicted octanol–water partition coefficient (Wildman–Crippen LogP) is 1.55. The van der Waals surface area contributed by atoms with Crippen molar-refractivity contribution < 1.29 is 14.3 Å². The summed E-state index contributed by atoms with van der Waals surface area (Å²) in [6.45, 7) is 2.23. The maximum absolute atomic E-state index is 12.6. The number of piperazine rings is 1. The lowest BCUT2D eigenvalue weighted by atomic mass is 10.1. The molecule has 1 aromatic carbocycles. The van der Waals surface area contributed by atoms with Crippen LogP contribution < -0.4 is 4.74 Å². The summed E-state index contributed by atoms with van der Waals surface area (Å²) in [6, 6.07) is 10.9. The van der Waals surface area contributed by atoms with E-state index in [1.54, 1.807) is 24.1 Å². The van der Waals surface area contributed by atoms with Gasteiger partial charge in [0.1, 0.15) is 5.75 Å². The Labute approximate surface area is 141 Å². The Kier molecular flexibility index (Phi) is 4.84. The number of hydrogen-bond donors (Lipinski definition) is 1. The molecule has 0 radical (unpaired) electrons. The van der Waals surface area contributed by atoms with Crippen molar-refractivity contribution >= 4 is 11.8 Å². The molecule has 3 rings (SSSR count). The van der Waals surface area contributed by atoms with Crippen LogP contribution in [-0.2, 0) is 11.2 Å². The summed E-state index contributed by atoms with van der Waals surface area (Å²) in [5.41, 5.74) is 1.52. The van der Waals surface area contributed by atoms with E-state index in [0.29, 0.717) is 43.9 Å². The van der Waals surface area contributed by atoms with E-state index >= 15 is 0 Å². The molecule has 2 amide bonds. The quantitative estimate of drug-likeness (QED) is 0.926. The Morgan fingerprint density at radius 1 is 1.08 bits per heavy atom. The monoisotopic (exact) mass is 327 g/mol. The van der Waals surface area contributed by atoms with Gasteiger partial charge in [-0.15, -0.1) is 0 Å². The van der Waals surface area contributed by atoms with Crippen LogP contribution in [0.3, 0.4) is 0 Å². The summed E-state index contributed by atoms with van der Waals surface area (Å²) in [7, 11) is 1.58. The molecule has 1 aromatic heterocycles. The van der Waals surface area contributed by atoms with Gasteiger partial charge in [-0.2, -0.15) is 0 Å². The summed E-state index contributed by atoms with van der Waals surface area (Å²) in [6.07, 6.45) is 2.18. The molecule has 1 fully saturated rings. The third kappa shape index (κ3) is 3.59. The van der Waals surface area contributed by atoms with Gasteiger partial charge in [0.15, 0.2) is 0 Å². The normalized spacial score (nSPS) is 14.5. The molecule has 2 heterocycles. The van der Waals surface area contributed by atoms with Crippen molar-refractivity contribution in [2.75, 3.05) is 33.3 Å². The van der Waals surface area contributed by atoms with Crippen LogP contribution in [0.2, 0.25) is 0 Å². The highest BCUT2D eigenvalue weighted by Crippen LogP contribution is 2.16. The highest BCUT2D eigenvalue weighted by atomic mass is 16.5. The Balaban J connectivity index is 1.56. The highest BCUT2D eigenvalue weighted by molar-refractivity contribution is 5.94. The van der Waals surface area contributed by atoms with Crippen LogP contribution in [0.1, 0.15) is 16.1 Å². The van der Waals surface area contributed by atoms with Crippen LogP contribution in [0.25, 0.3) is 0 Å². The number of H-pyrrole nitrogens is 1. The number of ether oxygens (including phenoxy) is 1. The molecule has 2 aromatic rings. The van der Waals surface area contributed by atoms with Gasteiger partial charge < -0.3 is 19.5 Å². The van der Waals surface area contributed by atoms with Gasteiger partial charge in [-0.05, 0) is 30.3 Å². The first-order chi connectivity index (χ1) is 11.7. The number of nitrogens with one attached hydrogen (secondary N) is 1. The summed E-state index contributed by atoms with van der Waals surface area (Å²) in [5.74, 6) is 0.733. The van der Waals surface area contributed by atoms with E-state index in [-0.39, 0.29) is 11.8 Å². The van der Waals surface area contributed by atoms with Gasteiger partial charge in [-0.3, -0.25) is 9.59 Å². The molecule has 0 aliphatic carbocycles. The third-order valence-corrected chi connectivity index (χ3v) is 4.24. The van der Waals surface area contributed by atoms with E-state index in [1.165, 1.54) is 0 Å². The minimum Gasteiger partial charge on any atom is -0.497 e. The van der Waals surface area contributed by atoms with E-state index in [4.69, 9.17) is 4.74 Å². The summed E-state index contributed by atoms with van der Waals surface area (Å²) >= 11 is 0. The Bertz CT molecular complexity index is 704. The van der Waals surface area contributed by atoms with Gasteiger partial charge >= 0.3 is 0 Å². The first-order valence-corrected chi connectivity index (χ1v) is 8.01. The lowest BCUT2D eigenvalue weighted by Crippen LogP contribution is -2.51. The fraction of sp³-hybridized carbons (Fsp3) is 0.333. The smallest absolute Gasteiger partial charge is 0.254 e. The number of benzene rings is 1. The van der Waals surface area contributed by atoms with Crippen LogP contribution in [0.4, 0.5) is 0 Å². The van der Waals surface area contributed by atoms with E-state index < -0.39 is 0 Å². The average molecular weight is 327 g/mol. The van der Waals surface area contributed by atoms with Crippen LogP contribution in [0.5, 0.6) is 5.75 Å². The number of methoxy groups -OCH3 is 1. The molecule has 0 saturated carbocycles. The molecular formula is C18H21N3O3. The van der Waals surface area contributed by atoms with Gasteiger partial charge in [-0.1, -0.05) is 6.07 Å². The Morgan fingerprint density at radius 2 is 1.83 bits per heavy atom. The van der Waals surface area contributed by atoms with Gasteiger partial charge in [0, 0.05) is 43.6 Å². The molecule has 0 unspecified atom stereocenters. The van der Waals surface area contributed by atoms with E-state index in [2.05, 4.69) is 4.98 Å². The maximum Gasteiger partial charge on any atom is 0.254 e. The average Bonchev–Trinajstić information content (AvgIpc) is 3.14. The van der Waals surface area contributed by atoms with Crippen LogP contribution >= 0.6 is 0 Å². The van der Waals surface area contributed by atoms with Crippen molar-refractivity contribution in [1.82, 2.24) is 14.8 Å². The van der Waals surface area contributed by atoms with Crippen LogP contribution in [-0.4, -0.2) is 59.9 Å². The zero-order valence-electron chi connectivity index (χ0n) is 13.7. The molecule has 24 heavy (non-hydrogen) atoms. The highest BCUT2D eigenvalue weighted by Gasteiger charge is 2.25. The third-order valence-electron chi connectivity index (χ3n) is 4.24. The lowest BCUT2D eigenvalue weighted by molar-refractivity contribution is -0.132. The standard InChI is InChI=1S/C18H21N3O3/c1-24-16-6-2-4-14(12-16)18(23)21-10-8-20(9-11-21)17(22)13-15-5-3-7-19-15/h2-7,12,19H,8-11,13H2,1H3. The SMILES string of the molecule is COc1cccc(C(=O)N2CCN(C(=O)Cc3ccc[nH]3)CC2)c1. The minimum atomic E-state index is -0.0228. The van der Waals surface area contributed by atoms with Gasteiger partial charge in [0.05, 0.1) is 13.5 Å². The van der Waals surface area contributed by atoms with Gasteiger partial charge in [-0.25, -0.2) is 0 Å². The molecule has 0 bridgehead atoms. The first-order valence-electron chi connectivity index (χ1n) is 8.01. The van der Waals surface area contributed by atoms with Crippen molar-refractivity contribution in [3.05, 3.63) is 53.9 Å². The van der Waals surface area contributed by atoms with E-state index in [9.17, 15) is 9.59 Å². The molecule has 6 heteroatoms. The number of hydrogen-bond acceptors (Lipinski definition) is 3. The molecule has 1 N–H and O–H groups in total. The zero-order chi connectivity index (χ0) is 16.9. The second-order valence-corrected chi connectivity index (χ2v) is 5.78. The van der Waals surface area contributed by atoms with Gasteiger partial charge in [0.2, 0.25) is 5.91 Å². The second-order valence-electron chi connectivity index (χ2n) is 5.78. The number of nitrogens with zero attached hydrogens (tertiary/aromatic N) is 2. The zero-order valence-corrected chi connectivity index (χ0v) is 13.7.